The van der Waals surface area contributed by atoms with Crippen molar-refractivity contribution in [2.75, 3.05) is 20.3 Å². The third-order valence-corrected chi connectivity index (χ3v) is 7.64. The summed E-state index contributed by atoms with van der Waals surface area (Å²) >= 11 is 0. The largest absolute Gasteiger partial charge is 0.506 e. The van der Waals surface area contributed by atoms with Crippen LogP contribution in [0.3, 0.4) is 0 Å². The highest BCUT2D eigenvalue weighted by molar-refractivity contribution is 5.88. The van der Waals surface area contributed by atoms with Gasteiger partial charge in [0.2, 0.25) is 6.29 Å². The number of phenolic OH excluding ortho intramolecular Hbond substituents is 1. The fraction of sp³-hybridized carbons (Fsp3) is 0.464. The van der Waals surface area contributed by atoms with Gasteiger partial charge in [0.05, 0.1) is 25.9 Å². The van der Waals surface area contributed by atoms with E-state index < -0.39 is 96.9 Å². The summed E-state index contributed by atoms with van der Waals surface area (Å²) in [5.41, 5.74) is -0.946. The minimum atomic E-state index is -1.93. The molecule has 0 saturated carbocycles. The predicted molar refractivity (Wildman–Crippen MR) is 143 cm³/mol. The molecule has 2 aliphatic rings. The number of methoxy groups -OCH3 is 1. The fourth-order valence-electron chi connectivity index (χ4n) is 5.19. The smallest absolute Gasteiger partial charge is 0.229 e. The van der Waals surface area contributed by atoms with Crippen LogP contribution in [-0.2, 0) is 9.47 Å². The number of phenols is 1. The van der Waals surface area contributed by atoms with Crippen LogP contribution >= 0.6 is 0 Å². The van der Waals surface area contributed by atoms with Crippen molar-refractivity contribution >= 4 is 11.0 Å². The van der Waals surface area contributed by atoms with Gasteiger partial charge >= 0.3 is 0 Å². The van der Waals surface area contributed by atoms with Crippen LogP contribution in [0.2, 0.25) is 0 Å². The van der Waals surface area contributed by atoms with E-state index in [9.17, 15) is 50.8 Å². The Kier molecular flexibility index (Phi) is 8.92. The van der Waals surface area contributed by atoms with Gasteiger partial charge in [0.15, 0.2) is 5.43 Å². The van der Waals surface area contributed by atoms with Crippen molar-refractivity contribution in [3.05, 3.63) is 52.2 Å². The molecule has 2 aliphatic heterocycles. The van der Waals surface area contributed by atoms with Crippen molar-refractivity contribution < 1.29 is 69.3 Å². The lowest BCUT2D eigenvalue weighted by molar-refractivity contribution is -0.278. The molecular formula is C28H32O15. The van der Waals surface area contributed by atoms with Crippen molar-refractivity contribution in [2.24, 2.45) is 0 Å². The number of benzene rings is 2. The van der Waals surface area contributed by atoms with Crippen molar-refractivity contribution in [3.8, 4) is 28.6 Å². The number of hydrogen-bond acceptors (Lipinski definition) is 15. The molecule has 2 aromatic carbocycles. The average Bonchev–Trinajstić information content (AvgIpc) is 3.00. The lowest BCUT2D eigenvalue weighted by Gasteiger charge is -2.42. The third kappa shape index (κ3) is 5.56. The van der Waals surface area contributed by atoms with Crippen LogP contribution in [0.15, 0.2) is 45.6 Å². The normalized spacial score (nSPS) is 33.0. The highest BCUT2D eigenvalue weighted by Crippen LogP contribution is 2.46. The number of fused-ring (bicyclic) bond motifs is 1. The second-order valence-corrected chi connectivity index (χ2v) is 10.3. The minimum Gasteiger partial charge on any atom is -0.506 e. The lowest BCUT2D eigenvalue weighted by Crippen LogP contribution is -2.60. The third-order valence-electron chi connectivity index (χ3n) is 7.64. The number of rotatable bonds is 7. The first-order valence-corrected chi connectivity index (χ1v) is 13.3. The van der Waals surface area contributed by atoms with Crippen molar-refractivity contribution in [1.29, 1.82) is 0 Å². The second kappa shape index (κ2) is 12.3. The Labute approximate surface area is 242 Å². The molecule has 3 aromatic rings. The Morgan fingerprint density at radius 1 is 0.791 bits per heavy atom. The maximum absolute atomic E-state index is 13.3. The van der Waals surface area contributed by atoms with E-state index in [1.807, 2.05) is 0 Å². The first kappa shape index (κ1) is 31.1. The monoisotopic (exact) mass is 608 g/mol. The van der Waals surface area contributed by atoms with Gasteiger partial charge in [-0.25, -0.2) is 0 Å². The zero-order chi connectivity index (χ0) is 31.2. The zero-order valence-corrected chi connectivity index (χ0v) is 22.6. The molecule has 5 rings (SSSR count). The first-order valence-electron chi connectivity index (χ1n) is 13.3. The summed E-state index contributed by atoms with van der Waals surface area (Å²) in [5.74, 6) is -0.631. The summed E-state index contributed by atoms with van der Waals surface area (Å²) in [6.45, 7) is -1.57. The SMILES string of the molecule is COc1ccc(-c2cc(=O)c3c(O)c([C@@H]4O[C@@H](CO)[C@@H](O)[C@H](O)[C@H]4O)c(O[C@@H]4O[C@H](CO)[C@@H](O)[C@H](O)[C@H]4O)cc3o2)cc1. The molecule has 9 N–H and O–H groups in total. The van der Waals surface area contributed by atoms with Gasteiger partial charge in [-0.1, -0.05) is 0 Å². The van der Waals surface area contributed by atoms with Crippen LogP contribution in [0.25, 0.3) is 22.3 Å². The van der Waals surface area contributed by atoms with Gasteiger partial charge in [-0.05, 0) is 24.3 Å². The molecule has 3 heterocycles. The molecule has 1 aromatic heterocycles. The molecule has 2 saturated heterocycles. The number of aliphatic hydroxyl groups excluding tert-OH is 8. The van der Waals surface area contributed by atoms with Crippen LogP contribution in [0.1, 0.15) is 11.7 Å². The quantitative estimate of drug-likeness (QED) is 0.139. The van der Waals surface area contributed by atoms with Crippen molar-refractivity contribution in [1.82, 2.24) is 0 Å². The molecule has 0 unspecified atom stereocenters. The van der Waals surface area contributed by atoms with E-state index >= 15 is 0 Å². The van der Waals surface area contributed by atoms with Crippen molar-refractivity contribution in [3.63, 3.8) is 0 Å². The lowest BCUT2D eigenvalue weighted by atomic mass is 9.89. The number of ether oxygens (including phenoxy) is 4. The maximum atomic E-state index is 13.3. The molecule has 234 valence electrons. The second-order valence-electron chi connectivity index (χ2n) is 10.3. The average molecular weight is 609 g/mol. The van der Waals surface area contributed by atoms with Gasteiger partial charge in [-0.3, -0.25) is 4.79 Å². The van der Waals surface area contributed by atoms with E-state index in [2.05, 4.69) is 0 Å². The first-order chi connectivity index (χ1) is 20.5. The minimum absolute atomic E-state index is 0.0823. The van der Waals surface area contributed by atoms with Gasteiger partial charge in [-0.2, -0.15) is 0 Å². The van der Waals surface area contributed by atoms with E-state index in [1.165, 1.54) is 7.11 Å². The number of hydrogen-bond donors (Lipinski definition) is 9. The Morgan fingerprint density at radius 3 is 2.00 bits per heavy atom. The van der Waals surface area contributed by atoms with Crippen LogP contribution in [-0.4, -0.2) is 121 Å². The topological polar surface area (TPSA) is 249 Å². The Balaban J connectivity index is 1.68. The van der Waals surface area contributed by atoms with E-state index in [4.69, 9.17) is 23.4 Å². The van der Waals surface area contributed by atoms with Gasteiger partial charge in [-0.15, -0.1) is 0 Å². The number of aromatic hydroxyl groups is 1. The molecule has 0 bridgehead atoms. The van der Waals surface area contributed by atoms with Crippen LogP contribution in [0.5, 0.6) is 17.2 Å². The molecule has 15 nitrogen and oxygen atoms in total. The molecular weight excluding hydrogens is 576 g/mol. The van der Waals surface area contributed by atoms with E-state index in [-0.39, 0.29) is 16.7 Å². The van der Waals surface area contributed by atoms with Crippen molar-refractivity contribution in [2.45, 2.75) is 61.2 Å². The maximum Gasteiger partial charge on any atom is 0.229 e. The molecule has 0 aliphatic carbocycles. The highest BCUT2D eigenvalue weighted by atomic mass is 16.7. The van der Waals surface area contributed by atoms with Crippen LogP contribution < -0.4 is 14.9 Å². The summed E-state index contributed by atoms with van der Waals surface area (Å²) in [6.07, 6.45) is -17.3. The summed E-state index contributed by atoms with van der Waals surface area (Å²) < 4.78 is 27.9. The fourth-order valence-corrected chi connectivity index (χ4v) is 5.19. The van der Waals surface area contributed by atoms with E-state index in [0.717, 1.165) is 12.1 Å². The Bertz CT molecular complexity index is 1490. The van der Waals surface area contributed by atoms with Gasteiger partial charge < -0.3 is 69.3 Å². The molecule has 43 heavy (non-hydrogen) atoms. The molecule has 0 spiro atoms. The van der Waals surface area contributed by atoms with Crippen LogP contribution in [0.4, 0.5) is 0 Å². The Morgan fingerprint density at radius 2 is 1.40 bits per heavy atom. The van der Waals surface area contributed by atoms with Gasteiger partial charge in [0.1, 0.15) is 88.9 Å². The summed E-state index contributed by atoms with van der Waals surface area (Å²) in [7, 11) is 1.48. The van der Waals surface area contributed by atoms with E-state index in [0.29, 0.717) is 11.3 Å². The molecule has 10 atom stereocenters. The van der Waals surface area contributed by atoms with Gasteiger partial charge in [0.25, 0.3) is 0 Å². The zero-order valence-electron chi connectivity index (χ0n) is 22.6. The molecule has 0 amide bonds. The van der Waals surface area contributed by atoms with Gasteiger partial charge in [0, 0.05) is 17.7 Å². The highest BCUT2D eigenvalue weighted by Gasteiger charge is 2.48. The summed E-state index contributed by atoms with van der Waals surface area (Å²) in [6, 6.07) is 8.73. The van der Waals surface area contributed by atoms with E-state index in [1.54, 1.807) is 24.3 Å². The van der Waals surface area contributed by atoms with Crippen LogP contribution in [0, 0.1) is 0 Å². The molecule has 2 fully saturated rings. The molecule has 0 radical (unpaired) electrons. The molecule has 15 heteroatoms. The summed E-state index contributed by atoms with van der Waals surface area (Å²) in [5, 5.41) is 92.8. The number of aliphatic hydroxyl groups is 8. The summed E-state index contributed by atoms with van der Waals surface area (Å²) in [4.78, 5) is 13.3. The predicted octanol–water partition coefficient (Wildman–Crippen LogP) is -2.13. The Hall–Kier alpha value is -3.35. The standard InChI is InChI=1S/C28H32O15/c1-39-11-4-2-10(3-5-11)13-6-12(31)18-14(40-13)7-15(42-28-26(38)24(36)21(33)17(9-30)43-28)19(22(18)34)27-25(37)23(35)20(32)16(8-29)41-27/h2-7,16-17,20-21,23-30,32-38H,8-9H2,1H3/t16-,17+,20+,21+,23-,24-,25+,26+,27-,28+/m0/s1.